The number of halogens is 1. The van der Waals surface area contributed by atoms with E-state index >= 15 is 0 Å². The minimum Gasteiger partial charge on any atom is -0.478 e. The molecule has 0 radical (unpaired) electrons. The number of aliphatic carboxylic acids is 1. The molecule has 0 aliphatic heterocycles. The van der Waals surface area contributed by atoms with Crippen LogP contribution >= 0.6 is 12.4 Å². The van der Waals surface area contributed by atoms with Crippen molar-refractivity contribution < 1.29 is 19.4 Å². The van der Waals surface area contributed by atoms with Crippen molar-refractivity contribution in [2.45, 2.75) is 63.8 Å². The quantitative estimate of drug-likeness (QED) is 0.262. The van der Waals surface area contributed by atoms with Crippen LogP contribution in [-0.4, -0.2) is 23.1 Å². The Morgan fingerprint density at radius 2 is 1.53 bits per heavy atom. The fourth-order valence-corrected chi connectivity index (χ4v) is 7.06. The fourth-order valence-electron chi connectivity index (χ4n) is 7.06. The highest BCUT2D eigenvalue weighted by molar-refractivity contribution is 5.86. The number of nitrogens with two attached hydrogens (primary N) is 1. The van der Waals surface area contributed by atoms with Gasteiger partial charge in [-0.25, -0.2) is 9.59 Å². The second-order valence-corrected chi connectivity index (χ2v) is 11.4. The van der Waals surface area contributed by atoms with E-state index in [-0.39, 0.29) is 29.7 Å². The van der Waals surface area contributed by atoms with Crippen molar-refractivity contribution in [2.75, 3.05) is 0 Å². The van der Waals surface area contributed by atoms with Gasteiger partial charge in [-0.2, -0.15) is 0 Å². The predicted molar refractivity (Wildman–Crippen MR) is 144 cm³/mol. The van der Waals surface area contributed by atoms with E-state index in [0.29, 0.717) is 5.75 Å². The van der Waals surface area contributed by atoms with Crippen molar-refractivity contribution in [1.29, 1.82) is 0 Å². The molecule has 4 aliphatic rings. The fraction of sp³-hybridized carbons (Fsp3) is 0.467. The molecule has 4 aliphatic carbocycles. The molecule has 1 atom stereocenters. The lowest BCUT2D eigenvalue weighted by atomic mass is 9.48. The molecule has 0 heterocycles. The van der Waals surface area contributed by atoms with Gasteiger partial charge in [-0.15, -0.1) is 12.4 Å². The Morgan fingerprint density at radius 3 is 2.06 bits per heavy atom. The SMILES string of the molecule is CC(C)C(N)C(=O)Oc1ccc(-c2ccc(/C=C/C(=O)O)cc2)cc1C12CC3CC(CC(C3)C1)C2.Cl. The van der Waals surface area contributed by atoms with Crippen molar-refractivity contribution in [3.8, 4) is 16.9 Å². The van der Waals surface area contributed by atoms with Gasteiger partial charge in [0.25, 0.3) is 0 Å². The largest absolute Gasteiger partial charge is 0.478 e. The average molecular weight is 510 g/mol. The van der Waals surface area contributed by atoms with Gasteiger partial charge in [-0.05, 0) is 103 Å². The van der Waals surface area contributed by atoms with Gasteiger partial charge in [0, 0.05) is 11.6 Å². The number of carbonyl (C=O) groups excluding carboxylic acids is 1. The van der Waals surface area contributed by atoms with Gasteiger partial charge in [0.05, 0.1) is 0 Å². The van der Waals surface area contributed by atoms with Crippen LogP contribution in [-0.2, 0) is 15.0 Å². The average Bonchev–Trinajstić information content (AvgIpc) is 2.82. The Morgan fingerprint density at radius 1 is 0.972 bits per heavy atom. The summed E-state index contributed by atoms with van der Waals surface area (Å²) in [4.78, 5) is 23.7. The van der Waals surface area contributed by atoms with Gasteiger partial charge >= 0.3 is 11.9 Å². The topological polar surface area (TPSA) is 89.6 Å². The summed E-state index contributed by atoms with van der Waals surface area (Å²) in [6.45, 7) is 3.87. The summed E-state index contributed by atoms with van der Waals surface area (Å²) in [6, 6.07) is 13.4. The highest BCUT2D eigenvalue weighted by Crippen LogP contribution is 2.62. The maximum Gasteiger partial charge on any atom is 0.328 e. The molecule has 4 bridgehead atoms. The van der Waals surface area contributed by atoms with Crippen LogP contribution in [0.15, 0.2) is 48.5 Å². The molecule has 1 unspecified atom stereocenters. The molecule has 2 aromatic rings. The van der Waals surface area contributed by atoms with E-state index in [4.69, 9.17) is 15.6 Å². The number of hydrogen-bond donors (Lipinski definition) is 2. The summed E-state index contributed by atoms with van der Waals surface area (Å²) in [6.07, 6.45) is 10.3. The normalized spacial score (nSPS) is 27.2. The van der Waals surface area contributed by atoms with E-state index in [1.165, 1.54) is 38.5 Å². The molecule has 5 nitrogen and oxygen atoms in total. The van der Waals surface area contributed by atoms with E-state index < -0.39 is 12.0 Å². The standard InChI is InChI=1S/C30H35NO4.ClH/c1-18(2)28(31)29(34)35-26-9-8-24(23-6-3-19(4-7-23)5-10-27(32)33)14-25(26)30-15-20-11-21(16-30)13-22(12-20)17-30;/h3-10,14,18,20-22,28H,11-13,15-17,31H2,1-2H3,(H,32,33);1H/b10-5+;. The summed E-state index contributed by atoms with van der Waals surface area (Å²) in [5.41, 5.74) is 10.3. The van der Waals surface area contributed by atoms with E-state index in [0.717, 1.165) is 46.1 Å². The molecule has 36 heavy (non-hydrogen) atoms. The number of carbonyl (C=O) groups is 2. The van der Waals surface area contributed by atoms with Crippen LogP contribution in [0.5, 0.6) is 5.75 Å². The monoisotopic (exact) mass is 509 g/mol. The molecule has 4 saturated carbocycles. The maximum atomic E-state index is 12.8. The smallest absolute Gasteiger partial charge is 0.328 e. The van der Waals surface area contributed by atoms with Crippen LogP contribution in [0.4, 0.5) is 0 Å². The molecule has 192 valence electrons. The van der Waals surface area contributed by atoms with E-state index in [2.05, 4.69) is 6.07 Å². The molecule has 0 amide bonds. The van der Waals surface area contributed by atoms with Crippen LogP contribution in [0.3, 0.4) is 0 Å². The maximum absolute atomic E-state index is 12.8. The number of carboxylic acids is 1. The molecule has 0 spiro atoms. The zero-order valence-corrected chi connectivity index (χ0v) is 21.8. The second-order valence-electron chi connectivity index (χ2n) is 11.4. The lowest BCUT2D eigenvalue weighted by Gasteiger charge is -2.57. The number of benzene rings is 2. The second kappa shape index (κ2) is 10.4. The van der Waals surface area contributed by atoms with Crippen molar-refractivity contribution >= 4 is 30.4 Å². The summed E-state index contributed by atoms with van der Waals surface area (Å²) in [7, 11) is 0. The number of hydrogen-bond acceptors (Lipinski definition) is 4. The first-order valence-electron chi connectivity index (χ1n) is 12.9. The number of esters is 1. The van der Waals surface area contributed by atoms with E-state index in [1.807, 2.05) is 50.2 Å². The highest BCUT2D eigenvalue weighted by Gasteiger charge is 2.52. The summed E-state index contributed by atoms with van der Waals surface area (Å²) < 4.78 is 5.99. The number of rotatable bonds is 7. The van der Waals surface area contributed by atoms with E-state index in [9.17, 15) is 9.59 Å². The molecular weight excluding hydrogens is 474 g/mol. The first-order valence-corrected chi connectivity index (χ1v) is 12.9. The summed E-state index contributed by atoms with van der Waals surface area (Å²) in [5.74, 6) is 1.66. The van der Waals surface area contributed by atoms with Gasteiger partial charge in [0.15, 0.2) is 0 Å². The molecule has 0 saturated heterocycles. The summed E-state index contributed by atoms with van der Waals surface area (Å²) in [5, 5.41) is 8.88. The molecule has 6 heteroatoms. The van der Waals surface area contributed by atoms with Crippen LogP contribution < -0.4 is 10.5 Å². The lowest BCUT2D eigenvalue weighted by molar-refractivity contribution is -0.137. The third kappa shape index (κ3) is 5.23. The molecule has 6 rings (SSSR count). The van der Waals surface area contributed by atoms with Crippen LogP contribution in [0, 0.1) is 23.7 Å². The van der Waals surface area contributed by atoms with Gasteiger partial charge in [0.1, 0.15) is 11.8 Å². The Labute approximate surface area is 219 Å². The Kier molecular flexibility index (Phi) is 7.63. The van der Waals surface area contributed by atoms with Crippen LogP contribution in [0.2, 0.25) is 0 Å². The third-order valence-electron chi connectivity index (χ3n) is 8.45. The minimum absolute atomic E-state index is 0. The van der Waals surface area contributed by atoms with Crippen molar-refractivity contribution in [2.24, 2.45) is 29.4 Å². The van der Waals surface area contributed by atoms with E-state index in [1.54, 1.807) is 6.08 Å². The first kappa shape index (κ1) is 26.4. The zero-order valence-electron chi connectivity index (χ0n) is 21.0. The molecule has 0 aromatic heterocycles. The Hall–Kier alpha value is -2.63. The Bertz CT molecular complexity index is 1120. The molecule has 4 fully saturated rings. The lowest BCUT2D eigenvalue weighted by Crippen LogP contribution is -2.49. The van der Waals surface area contributed by atoms with Gasteiger partial charge in [-0.3, -0.25) is 0 Å². The molecular formula is C30H36ClNO4. The zero-order chi connectivity index (χ0) is 24.7. The highest BCUT2D eigenvalue weighted by atomic mass is 35.5. The van der Waals surface area contributed by atoms with Crippen molar-refractivity contribution in [3.05, 3.63) is 59.7 Å². The van der Waals surface area contributed by atoms with Crippen LogP contribution in [0.25, 0.3) is 17.2 Å². The van der Waals surface area contributed by atoms with Crippen LogP contribution in [0.1, 0.15) is 63.5 Å². The predicted octanol–water partition coefficient (Wildman–Crippen LogP) is 6.23. The summed E-state index contributed by atoms with van der Waals surface area (Å²) >= 11 is 0. The molecule has 3 N–H and O–H groups in total. The van der Waals surface area contributed by atoms with Crippen molar-refractivity contribution in [1.82, 2.24) is 0 Å². The van der Waals surface area contributed by atoms with Gasteiger partial charge in [-0.1, -0.05) is 44.2 Å². The minimum atomic E-state index is -0.961. The Balaban J connectivity index is 0.00000304. The number of carboxylic acid groups (broad SMARTS) is 1. The number of ether oxygens (including phenoxy) is 1. The first-order chi connectivity index (χ1) is 16.7. The van der Waals surface area contributed by atoms with Gasteiger partial charge in [0.2, 0.25) is 0 Å². The van der Waals surface area contributed by atoms with Gasteiger partial charge < -0.3 is 15.6 Å². The molecule has 2 aromatic carbocycles. The third-order valence-corrected chi connectivity index (χ3v) is 8.45. The van der Waals surface area contributed by atoms with Crippen molar-refractivity contribution in [3.63, 3.8) is 0 Å².